The van der Waals surface area contributed by atoms with Crippen LogP contribution in [0.1, 0.15) is 16.6 Å². The molecule has 1 saturated heterocycles. The van der Waals surface area contributed by atoms with Crippen LogP contribution < -0.4 is 10.6 Å². The first-order valence-electron chi connectivity index (χ1n) is 5.98. The number of nitrogens with zero attached hydrogens (tertiary/aromatic N) is 3. The molecule has 0 saturated carbocycles. The molecule has 5 nitrogen and oxygen atoms in total. The summed E-state index contributed by atoms with van der Waals surface area (Å²) in [7, 11) is 1.95. The van der Waals surface area contributed by atoms with Crippen LogP contribution in [0.2, 0.25) is 0 Å². The van der Waals surface area contributed by atoms with Gasteiger partial charge >= 0.3 is 0 Å². The molecule has 0 aliphatic carbocycles. The van der Waals surface area contributed by atoms with Crippen molar-refractivity contribution in [2.24, 2.45) is 0 Å². The second-order valence-corrected chi connectivity index (χ2v) is 6.33. The molecule has 1 aromatic heterocycles. The lowest BCUT2D eigenvalue weighted by molar-refractivity contribution is 0.0778. The van der Waals surface area contributed by atoms with Crippen LogP contribution in [0.4, 0.5) is 10.9 Å². The van der Waals surface area contributed by atoms with Gasteiger partial charge in [-0.25, -0.2) is 4.98 Å². The van der Waals surface area contributed by atoms with Crippen molar-refractivity contribution >= 4 is 40.0 Å². The van der Waals surface area contributed by atoms with Crippen molar-refractivity contribution in [2.45, 2.75) is 6.92 Å². The van der Waals surface area contributed by atoms with Gasteiger partial charge in [0, 0.05) is 38.2 Å². The van der Waals surface area contributed by atoms with Gasteiger partial charge in [0.15, 0.2) is 5.13 Å². The maximum absolute atomic E-state index is 12.3. The van der Waals surface area contributed by atoms with Crippen LogP contribution in [0.3, 0.4) is 0 Å². The molecule has 0 spiro atoms. The fraction of sp³-hybridized carbons (Fsp3) is 0.636. The number of hydrogen-bond acceptors (Lipinski definition) is 6. The van der Waals surface area contributed by atoms with Crippen LogP contribution in [0, 0.1) is 0 Å². The minimum Gasteiger partial charge on any atom is -0.382 e. The lowest BCUT2D eigenvalue weighted by Gasteiger charge is -2.25. The smallest absolute Gasteiger partial charge is 0.267 e. The first-order valence-corrected chi connectivity index (χ1v) is 7.95. The Morgan fingerprint density at radius 1 is 1.50 bits per heavy atom. The van der Waals surface area contributed by atoms with Gasteiger partial charge in [0.2, 0.25) is 0 Å². The monoisotopic (exact) mass is 286 g/mol. The zero-order valence-corrected chi connectivity index (χ0v) is 12.3. The van der Waals surface area contributed by atoms with Gasteiger partial charge in [-0.2, -0.15) is 11.8 Å². The number of amides is 1. The highest BCUT2D eigenvalue weighted by molar-refractivity contribution is 7.99. The lowest BCUT2D eigenvalue weighted by atomic mass is 10.4. The third kappa shape index (κ3) is 2.72. The summed E-state index contributed by atoms with van der Waals surface area (Å²) in [4.78, 5) is 21.0. The van der Waals surface area contributed by atoms with Gasteiger partial charge in [-0.05, 0) is 6.92 Å². The second-order valence-electron chi connectivity index (χ2n) is 4.13. The van der Waals surface area contributed by atoms with E-state index in [9.17, 15) is 4.79 Å². The molecule has 1 amide bonds. The SMILES string of the molecule is CCN(C)c1nc(N)c(C(=O)N2CCSCC2)s1. The Morgan fingerprint density at radius 2 is 2.17 bits per heavy atom. The summed E-state index contributed by atoms with van der Waals surface area (Å²) in [5, 5.41) is 0.810. The van der Waals surface area contributed by atoms with E-state index in [1.165, 1.54) is 11.3 Å². The Kier molecular flexibility index (Phi) is 4.34. The van der Waals surface area contributed by atoms with Gasteiger partial charge in [-0.15, -0.1) is 0 Å². The van der Waals surface area contributed by atoms with Crippen LogP contribution in [-0.2, 0) is 0 Å². The highest BCUT2D eigenvalue weighted by Gasteiger charge is 2.24. The number of rotatable bonds is 3. The molecule has 0 radical (unpaired) electrons. The van der Waals surface area contributed by atoms with E-state index in [1.54, 1.807) is 0 Å². The molecular formula is C11H18N4OS2. The first kappa shape index (κ1) is 13.5. The number of thiazole rings is 1. The lowest BCUT2D eigenvalue weighted by Crippen LogP contribution is -2.37. The number of carbonyl (C=O) groups is 1. The molecule has 2 N–H and O–H groups in total. The molecule has 7 heteroatoms. The van der Waals surface area contributed by atoms with E-state index in [0.717, 1.165) is 36.3 Å². The zero-order valence-electron chi connectivity index (χ0n) is 10.7. The second kappa shape index (κ2) is 5.79. The van der Waals surface area contributed by atoms with Crippen molar-refractivity contribution in [3.8, 4) is 0 Å². The maximum Gasteiger partial charge on any atom is 0.267 e. The summed E-state index contributed by atoms with van der Waals surface area (Å²) in [6.45, 7) is 4.50. The number of aromatic nitrogens is 1. The van der Waals surface area contributed by atoms with Crippen molar-refractivity contribution in [3.63, 3.8) is 0 Å². The summed E-state index contributed by atoms with van der Waals surface area (Å²) in [6.07, 6.45) is 0. The molecule has 2 rings (SSSR count). The largest absolute Gasteiger partial charge is 0.382 e. The summed E-state index contributed by atoms with van der Waals surface area (Å²) in [5.74, 6) is 2.40. The Balaban J connectivity index is 2.16. The van der Waals surface area contributed by atoms with Crippen molar-refractivity contribution in [2.75, 3.05) is 48.8 Å². The zero-order chi connectivity index (χ0) is 13.1. The van der Waals surface area contributed by atoms with Crippen molar-refractivity contribution in [3.05, 3.63) is 4.88 Å². The van der Waals surface area contributed by atoms with E-state index in [0.29, 0.717) is 10.7 Å². The molecule has 100 valence electrons. The minimum absolute atomic E-state index is 0.0288. The third-order valence-corrected chi connectivity index (χ3v) is 5.05. The van der Waals surface area contributed by atoms with E-state index < -0.39 is 0 Å². The standard InChI is InChI=1S/C11H18N4OS2/c1-3-14(2)11-13-9(12)8(18-11)10(16)15-4-6-17-7-5-15/h3-7,12H2,1-2H3. The van der Waals surface area contributed by atoms with Gasteiger partial charge < -0.3 is 15.5 Å². The molecule has 1 aromatic rings. The molecule has 18 heavy (non-hydrogen) atoms. The van der Waals surface area contributed by atoms with Crippen molar-refractivity contribution in [1.82, 2.24) is 9.88 Å². The van der Waals surface area contributed by atoms with E-state index in [4.69, 9.17) is 5.73 Å². The normalized spacial score (nSPS) is 15.8. The Bertz CT molecular complexity index is 429. The molecule has 0 atom stereocenters. The number of hydrogen-bond donors (Lipinski definition) is 1. The summed E-state index contributed by atoms with van der Waals surface area (Å²) >= 11 is 3.27. The van der Waals surface area contributed by atoms with Crippen LogP contribution in [0.25, 0.3) is 0 Å². The molecular weight excluding hydrogens is 268 g/mol. The van der Waals surface area contributed by atoms with Crippen LogP contribution in [-0.4, -0.2) is 54.0 Å². The number of anilines is 2. The third-order valence-electron chi connectivity index (χ3n) is 2.94. The van der Waals surface area contributed by atoms with Gasteiger partial charge in [-0.3, -0.25) is 4.79 Å². The number of thioether (sulfide) groups is 1. The fourth-order valence-corrected chi connectivity index (χ4v) is 3.56. The molecule has 0 aromatic carbocycles. The average molecular weight is 286 g/mol. The van der Waals surface area contributed by atoms with E-state index in [1.807, 2.05) is 35.5 Å². The molecule has 0 unspecified atom stereocenters. The van der Waals surface area contributed by atoms with E-state index >= 15 is 0 Å². The number of carbonyl (C=O) groups excluding carboxylic acids is 1. The van der Waals surface area contributed by atoms with Crippen LogP contribution in [0.5, 0.6) is 0 Å². The maximum atomic E-state index is 12.3. The molecule has 1 aliphatic heterocycles. The first-order chi connectivity index (χ1) is 8.63. The quantitative estimate of drug-likeness (QED) is 0.909. The predicted molar refractivity (Wildman–Crippen MR) is 78.7 cm³/mol. The van der Waals surface area contributed by atoms with E-state index in [2.05, 4.69) is 4.98 Å². The number of nitrogen functional groups attached to an aromatic ring is 1. The summed E-state index contributed by atoms with van der Waals surface area (Å²) in [5.41, 5.74) is 5.86. The number of nitrogens with two attached hydrogens (primary N) is 1. The Morgan fingerprint density at radius 3 is 2.78 bits per heavy atom. The fourth-order valence-electron chi connectivity index (χ4n) is 1.68. The summed E-state index contributed by atoms with van der Waals surface area (Å²) < 4.78 is 0. The highest BCUT2D eigenvalue weighted by Crippen LogP contribution is 2.29. The molecule has 2 heterocycles. The van der Waals surface area contributed by atoms with Crippen LogP contribution >= 0.6 is 23.1 Å². The Labute approximate surface area is 115 Å². The van der Waals surface area contributed by atoms with Gasteiger partial charge in [-0.1, -0.05) is 11.3 Å². The Hall–Kier alpha value is -0.950. The topological polar surface area (TPSA) is 62.5 Å². The average Bonchev–Trinajstić information content (AvgIpc) is 2.80. The van der Waals surface area contributed by atoms with Crippen molar-refractivity contribution < 1.29 is 4.79 Å². The molecule has 0 bridgehead atoms. The molecule has 1 fully saturated rings. The highest BCUT2D eigenvalue weighted by atomic mass is 32.2. The van der Waals surface area contributed by atoms with Crippen molar-refractivity contribution in [1.29, 1.82) is 0 Å². The minimum atomic E-state index is 0.0288. The molecule has 1 aliphatic rings. The van der Waals surface area contributed by atoms with E-state index in [-0.39, 0.29) is 5.91 Å². The predicted octanol–water partition coefficient (Wildman–Crippen LogP) is 1.37. The van der Waals surface area contributed by atoms with Gasteiger partial charge in [0.25, 0.3) is 5.91 Å². The van der Waals surface area contributed by atoms with Gasteiger partial charge in [0.1, 0.15) is 10.7 Å². The van der Waals surface area contributed by atoms with Gasteiger partial charge in [0.05, 0.1) is 0 Å². The van der Waals surface area contributed by atoms with Crippen LogP contribution in [0.15, 0.2) is 0 Å². The summed E-state index contributed by atoms with van der Waals surface area (Å²) in [6, 6.07) is 0.